The van der Waals surface area contributed by atoms with Crippen LogP contribution < -0.4 is 9.62 Å². The van der Waals surface area contributed by atoms with Crippen molar-refractivity contribution >= 4 is 39.1 Å². The second-order valence-electron chi connectivity index (χ2n) is 9.88. The van der Waals surface area contributed by atoms with Crippen LogP contribution in [-0.4, -0.2) is 44.3 Å². The Hall–Kier alpha value is -3.36. The van der Waals surface area contributed by atoms with Crippen molar-refractivity contribution in [2.45, 2.75) is 64.4 Å². The third-order valence-corrected chi connectivity index (χ3v) is 8.73. The number of sulfonamides is 1. The SMILES string of the molecule is CCCCNC(=O)[C@@H](CC)N(Cc1ccc(C)cc1)C(=O)CN(c1ccc(Cl)cc1)S(=O)(=O)c1ccc(C)cc1. The average Bonchev–Trinajstić information content (AvgIpc) is 2.93. The lowest BCUT2D eigenvalue weighted by molar-refractivity contribution is -0.140. The molecule has 0 radical (unpaired) electrons. The van der Waals surface area contributed by atoms with Gasteiger partial charge in [0.05, 0.1) is 10.6 Å². The van der Waals surface area contributed by atoms with Gasteiger partial charge in [-0.25, -0.2) is 8.42 Å². The number of anilines is 1. The van der Waals surface area contributed by atoms with Gasteiger partial charge in [-0.15, -0.1) is 0 Å². The molecule has 0 aliphatic carbocycles. The predicted molar refractivity (Wildman–Crippen MR) is 161 cm³/mol. The highest BCUT2D eigenvalue weighted by Crippen LogP contribution is 2.26. The summed E-state index contributed by atoms with van der Waals surface area (Å²) in [5.74, 6) is -0.737. The van der Waals surface area contributed by atoms with Crippen molar-refractivity contribution in [1.29, 1.82) is 0 Å². The largest absolute Gasteiger partial charge is 0.354 e. The van der Waals surface area contributed by atoms with Crippen LogP contribution in [0.1, 0.15) is 49.8 Å². The molecule has 1 atom stereocenters. The van der Waals surface area contributed by atoms with Crippen molar-refractivity contribution < 1.29 is 18.0 Å². The fraction of sp³-hybridized carbons (Fsp3) is 0.355. The van der Waals surface area contributed by atoms with Gasteiger partial charge < -0.3 is 10.2 Å². The molecule has 0 unspecified atom stereocenters. The number of aryl methyl sites for hydroxylation is 2. The number of rotatable bonds is 13. The van der Waals surface area contributed by atoms with E-state index >= 15 is 0 Å². The molecule has 0 bridgehead atoms. The summed E-state index contributed by atoms with van der Waals surface area (Å²) in [7, 11) is -4.12. The lowest BCUT2D eigenvalue weighted by Crippen LogP contribution is -2.52. The first-order valence-electron chi connectivity index (χ1n) is 13.5. The molecule has 7 nitrogen and oxygen atoms in total. The Morgan fingerprint density at radius 1 is 0.875 bits per heavy atom. The van der Waals surface area contributed by atoms with E-state index in [1.807, 2.05) is 52.0 Å². The number of hydrogen-bond acceptors (Lipinski definition) is 4. The zero-order valence-corrected chi connectivity index (χ0v) is 25.1. The quantitative estimate of drug-likeness (QED) is 0.255. The van der Waals surface area contributed by atoms with E-state index in [1.165, 1.54) is 17.0 Å². The molecule has 3 aromatic rings. The number of nitrogens with one attached hydrogen (secondary N) is 1. The highest BCUT2D eigenvalue weighted by molar-refractivity contribution is 7.92. The van der Waals surface area contributed by atoms with E-state index < -0.39 is 28.5 Å². The zero-order valence-electron chi connectivity index (χ0n) is 23.6. The van der Waals surface area contributed by atoms with Gasteiger partial charge >= 0.3 is 0 Å². The molecule has 40 heavy (non-hydrogen) atoms. The maximum Gasteiger partial charge on any atom is 0.264 e. The second kappa shape index (κ2) is 14.3. The lowest BCUT2D eigenvalue weighted by atomic mass is 10.1. The van der Waals surface area contributed by atoms with Crippen LogP contribution in [0.4, 0.5) is 5.69 Å². The van der Waals surface area contributed by atoms with Crippen molar-refractivity contribution in [2.24, 2.45) is 0 Å². The highest BCUT2D eigenvalue weighted by Gasteiger charge is 2.33. The molecule has 0 saturated carbocycles. The maximum absolute atomic E-state index is 14.0. The topological polar surface area (TPSA) is 86.8 Å². The molecule has 1 N–H and O–H groups in total. The minimum absolute atomic E-state index is 0.0651. The number of unbranched alkanes of at least 4 members (excludes halogenated alkanes) is 1. The number of carbonyl (C=O) groups is 2. The zero-order chi connectivity index (χ0) is 29.3. The molecule has 2 amide bonds. The van der Waals surface area contributed by atoms with Crippen LogP contribution in [-0.2, 0) is 26.2 Å². The monoisotopic (exact) mass is 583 g/mol. The number of hydrogen-bond donors (Lipinski definition) is 1. The van der Waals surface area contributed by atoms with E-state index in [1.54, 1.807) is 36.4 Å². The van der Waals surface area contributed by atoms with Crippen molar-refractivity contribution in [2.75, 3.05) is 17.4 Å². The number of halogens is 1. The van der Waals surface area contributed by atoms with E-state index in [-0.39, 0.29) is 17.3 Å². The molecule has 0 fully saturated rings. The van der Waals surface area contributed by atoms with E-state index in [4.69, 9.17) is 11.6 Å². The summed E-state index contributed by atoms with van der Waals surface area (Å²) < 4.78 is 28.8. The molecule has 0 aliphatic heterocycles. The molecule has 3 rings (SSSR count). The maximum atomic E-state index is 14.0. The summed E-state index contributed by atoms with van der Waals surface area (Å²) in [4.78, 5) is 28.8. The van der Waals surface area contributed by atoms with Crippen molar-refractivity contribution in [3.63, 3.8) is 0 Å². The minimum atomic E-state index is -4.12. The van der Waals surface area contributed by atoms with Crippen molar-refractivity contribution in [1.82, 2.24) is 10.2 Å². The van der Waals surface area contributed by atoms with Crippen LogP contribution in [0.5, 0.6) is 0 Å². The first kappa shape index (κ1) is 31.2. The van der Waals surface area contributed by atoms with Gasteiger partial charge in [-0.05, 0) is 68.7 Å². The second-order valence-corrected chi connectivity index (χ2v) is 12.2. The van der Waals surface area contributed by atoms with Crippen molar-refractivity contribution in [3.8, 4) is 0 Å². The smallest absolute Gasteiger partial charge is 0.264 e. The molecule has 0 aliphatic rings. The Balaban J connectivity index is 2.02. The number of benzene rings is 3. The molecular weight excluding hydrogens is 546 g/mol. The van der Waals surface area contributed by atoms with Gasteiger partial charge in [0.1, 0.15) is 12.6 Å². The molecule has 0 spiro atoms. The third-order valence-electron chi connectivity index (χ3n) is 6.69. The Bertz CT molecular complexity index is 1380. The summed E-state index contributed by atoms with van der Waals surface area (Å²) in [5.41, 5.74) is 3.13. The molecule has 3 aromatic carbocycles. The summed E-state index contributed by atoms with van der Waals surface area (Å²) in [6.07, 6.45) is 2.13. The fourth-order valence-corrected chi connectivity index (χ4v) is 5.83. The average molecular weight is 584 g/mol. The number of carbonyl (C=O) groups excluding carboxylic acids is 2. The molecule has 0 aromatic heterocycles. The standard InChI is InChI=1S/C31H38ClN3O4S/c1-5-7-20-33-31(37)29(6-2)34(21-25-12-8-23(3)9-13-25)30(36)22-35(27-16-14-26(32)15-17-27)40(38,39)28-18-10-24(4)11-19-28/h8-19,29H,5-7,20-22H2,1-4H3,(H,33,37)/t29-/m1/s1. The number of amides is 2. The van der Waals surface area contributed by atoms with Gasteiger partial charge in [0, 0.05) is 18.1 Å². The Morgan fingerprint density at radius 3 is 2.00 bits per heavy atom. The van der Waals surface area contributed by atoms with Gasteiger partial charge in [0.15, 0.2) is 0 Å². The van der Waals surface area contributed by atoms with Gasteiger partial charge in [0.2, 0.25) is 11.8 Å². The van der Waals surface area contributed by atoms with E-state index in [2.05, 4.69) is 5.32 Å². The fourth-order valence-electron chi connectivity index (χ4n) is 4.29. The van der Waals surface area contributed by atoms with E-state index in [9.17, 15) is 18.0 Å². The lowest BCUT2D eigenvalue weighted by Gasteiger charge is -2.33. The summed E-state index contributed by atoms with van der Waals surface area (Å²) >= 11 is 6.08. The molecule has 9 heteroatoms. The van der Waals surface area contributed by atoms with Crippen molar-refractivity contribution in [3.05, 3.63) is 94.5 Å². The van der Waals surface area contributed by atoms with Crippen LogP contribution >= 0.6 is 11.6 Å². The van der Waals surface area contributed by atoms with Crippen LogP contribution in [0.2, 0.25) is 5.02 Å². The van der Waals surface area contributed by atoms with E-state index in [0.717, 1.165) is 33.8 Å². The summed E-state index contributed by atoms with van der Waals surface area (Å²) in [5, 5.41) is 3.38. The van der Waals surface area contributed by atoms with Crippen LogP contribution in [0.25, 0.3) is 0 Å². The first-order chi connectivity index (χ1) is 19.1. The normalized spacial score (nSPS) is 12.0. The van der Waals surface area contributed by atoms with Crippen LogP contribution in [0.3, 0.4) is 0 Å². The molecular formula is C31H38ClN3O4S. The van der Waals surface area contributed by atoms with Crippen LogP contribution in [0, 0.1) is 13.8 Å². The summed E-state index contributed by atoms with van der Waals surface area (Å²) in [6.45, 7) is 7.92. The molecule has 214 valence electrons. The Kier molecular flexibility index (Phi) is 11.2. The molecule has 0 heterocycles. The first-order valence-corrected chi connectivity index (χ1v) is 15.4. The third kappa shape index (κ3) is 8.08. The summed E-state index contributed by atoms with van der Waals surface area (Å²) in [6, 6.07) is 19.7. The van der Waals surface area contributed by atoms with Gasteiger partial charge in [0.25, 0.3) is 10.0 Å². The minimum Gasteiger partial charge on any atom is -0.354 e. The van der Waals surface area contributed by atoms with Gasteiger partial charge in [-0.1, -0.05) is 79.4 Å². The number of nitrogens with zero attached hydrogens (tertiary/aromatic N) is 2. The van der Waals surface area contributed by atoms with E-state index in [0.29, 0.717) is 23.7 Å². The van der Waals surface area contributed by atoms with Gasteiger partial charge in [-0.2, -0.15) is 0 Å². The Labute approximate surface area is 243 Å². The van der Waals surface area contributed by atoms with Crippen LogP contribution in [0.15, 0.2) is 77.7 Å². The highest BCUT2D eigenvalue weighted by atomic mass is 35.5. The molecule has 0 saturated heterocycles. The van der Waals surface area contributed by atoms with Gasteiger partial charge in [-0.3, -0.25) is 13.9 Å². The predicted octanol–water partition coefficient (Wildman–Crippen LogP) is 5.88. The Morgan fingerprint density at radius 2 is 1.45 bits per heavy atom.